The monoisotopic (exact) mass is 279 g/mol. The first kappa shape index (κ1) is 13.9. The number of hydrogen-bond acceptors (Lipinski definition) is 3. The molecule has 0 aromatic rings. The van der Waals surface area contributed by atoms with E-state index in [0.29, 0.717) is 19.0 Å². The Morgan fingerprint density at radius 3 is 2.70 bits per heavy atom. The highest BCUT2D eigenvalue weighted by Gasteiger charge is 2.39. The molecule has 2 amide bonds. The highest BCUT2D eigenvalue weighted by Crippen LogP contribution is 2.29. The lowest BCUT2D eigenvalue weighted by molar-refractivity contribution is -0.130. The molecule has 2 N–H and O–H groups in total. The van der Waals surface area contributed by atoms with Gasteiger partial charge in [-0.1, -0.05) is 12.8 Å². The highest BCUT2D eigenvalue weighted by atomic mass is 16.2. The summed E-state index contributed by atoms with van der Waals surface area (Å²) in [5.74, 6) is 0.122. The molecule has 0 radical (unpaired) electrons. The summed E-state index contributed by atoms with van der Waals surface area (Å²) < 4.78 is 0. The van der Waals surface area contributed by atoms with E-state index in [9.17, 15) is 9.59 Å². The molecular weight excluding hydrogens is 254 g/mol. The lowest BCUT2D eigenvalue weighted by atomic mass is 10.0. The third-order valence-electron chi connectivity index (χ3n) is 4.94. The Labute approximate surface area is 120 Å². The molecule has 1 aliphatic carbocycles. The predicted molar refractivity (Wildman–Crippen MR) is 76.1 cm³/mol. The summed E-state index contributed by atoms with van der Waals surface area (Å²) in [5.41, 5.74) is 0. The SMILES string of the molecule is O=C(NC1CCCNC1)C1CC(=O)N(C2CCCC2)C1. The van der Waals surface area contributed by atoms with Crippen LogP contribution in [0.2, 0.25) is 0 Å². The Hall–Kier alpha value is -1.10. The van der Waals surface area contributed by atoms with Gasteiger partial charge in [0.2, 0.25) is 11.8 Å². The van der Waals surface area contributed by atoms with Crippen molar-refractivity contribution in [3.63, 3.8) is 0 Å². The summed E-state index contributed by atoms with van der Waals surface area (Å²) in [6.45, 7) is 2.54. The molecule has 112 valence electrons. The van der Waals surface area contributed by atoms with Crippen LogP contribution in [0.15, 0.2) is 0 Å². The third-order valence-corrected chi connectivity index (χ3v) is 4.94. The normalized spacial score (nSPS) is 31.8. The second-order valence-electron chi connectivity index (χ2n) is 6.44. The van der Waals surface area contributed by atoms with Gasteiger partial charge in [-0.3, -0.25) is 9.59 Å². The Morgan fingerprint density at radius 2 is 2.00 bits per heavy atom. The lowest BCUT2D eigenvalue weighted by Gasteiger charge is -2.26. The molecule has 5 heteroatoms. The first-order chi connectivity index (χ1) is 9.74. The quantitative estimate of drug-likeness (QED) is 0.797. The summed E-state index contributed by atoms with van der Waals surface area (Å²) in [6.07, 6.45) is 7.24. The van der Waals surface area contributed by atoms with Crippen molar-refractivity contribution in [3.8, 4) is 0 Å². The molecule has 2 unspecified atom stereocenters. The first-order valence-corrected chi connectivity index (χ1v) is 8.04. The summed E-state index contributed by atoms with van der Waals surface area (Å²) in [7, 11) is 0. The zero-order valence-electron chi connectivity index (χ0n) is 12.1. The summed E-state index contributed by atoms with van der Waals surface area (Å²) in [6, 6.07) is 0.642. The largest absolute Gasteiger partial charge is 0.352 e. The average Bonchev–Trinajstić information content (AvgIpc) is 3.08. The maximum absolute atomic E-state index is 12.3. The maximum Gasteiger partial charge on any atom is 0.225 e. The van der Waals surface area contributed by atoms with Gasteiger partial charge in [0.05, 0.1) is 5.92 Å². The van der Waals surface area contributed by atoms with Crippen LogP contribution in [-0.4, -0.2) is 48.4 Å². The lowest BCUT2D eigenvalue weighted by Crippen LogP contribution is -2.48. The molecule has 1 saturated carbocycles. The fraction of sp³-hybridized carbons (Fsp3) is 0.867. The van der Waals surface area contributed by atoms with Crippen molar-refractivity contribution < 1.29 is 9.59 Å². The van der Waals surface area contributed by atoms with Gasteiger partial charge in [-0.05, 0) is 32.2 Å². The van der Waals surface area contributed by atoms with Crippen LogP contribution in [-0.2, 0) is 9.59 Å². The van der Waals surface area contributed by atoms with Gasteiger partial charge in [0, 0.05) is 31.6 Å². The van der Waals surface area contributed by atoms with Gasteiger partial charge in [-0.25, -0.2) is 0 Å². The van der Waals surface area contributed by atoms with Gasteiger partial charge in [0.15, 0.2) is 0 Å². The van der Waals surface area contributed by atoms with Crippen LogP contribution in [0, 0.1) is 5.92 Å². The topological polar surface area (TPSA) is 61.4 Å². The number of likely N-dealkylation sites (tertiary alicyclic amines) is 1. The van der Waals surface area contributed by atoms with Gasteiger partial charge < -0.3 is 15.5 Å². The molecule has 0 spiro atoms. The van der Waals surface area contributed by atoms with E-state index in [4.69, 9.17) is 0 Å². The molecule has 0 aromatic heterocycles. The van der Waals surface area contributed by atoms with E-state index in [1.54, 1.807) is 0 Å². The van der Waals surface area contributed by atoms with Crippen molar-refractivity contribution in [2.75, 3.05) is 19.6 Å². The van der Waals surface area contributed by atoms with Gasteiger partial charge in [-0.15, -0.1) is 0 Å². The Morgan fingerprint density at radius 1 is 1.20 bits per heavy atom. The number of amides is 2. The molecule has 5 nitrogen and oxygen atoms in total. The summed E-state index contributed by atoms with van der Waals surface area (Å²) >= 11 is 0. The van der Waals surface area contributed by atoms with Crippen LogP contribution in [0.1, 0.15) is 44.9 Å². The van der Waals surface area contributed by atoms with E-state index in [1.807, 2.05) is 4.90 Å². The number of carbonyl (C=O) groups is 2. The van der Waals surface area contributed by atoms with E-state index in [0.717, 1.165) is 38.8 Å². The number of nitrogens with one attached hydrogen (secondary N) is 2. The Kier molecular flexibility index (Phi) is 4.24. The van der Waals surface area contributed by atoms with Crippen LogP contribution in [0.25, 0.3) is 0 Å². The average molecular weight is 279 g/mol. The van der Waals surface area contributed by atoms with E-state index in [2.05, 4.69) is 10.6 Å². The zero-order valence-corrected chi connectivity index (χ0v) is 12.1. The second-order valence-corrected chi connectivity index (χ2v) is 6.44. The van der Waals surface area contributed by atoms with Crippen molar-refractivity contribution in [2.24, 2.45) is 5.92 Å². The van der Waals surface area contributed by atoms with Crippen molar-refractivity contribution in [1.29, 1.82) is 0 Å². The minimum Gasteiger partial charge on any atom is -0.352 e. The smallest absolute Gasteiger partial charge is 0.225 e. The zero-order chi connectivity index (χ0) is 13.9. The number of piperidine rings is 1. The van der Waals surface area contributed by atoms with Crippen LogP contribution in [0.3, 0.4) is 0 Å². The van der Waals surface area contributed by atoms with Gasteiger partial charge in [-0.2, -0.15) is 0 Å². The van der Waals surface area contributed by atoms with E-state index >= 15 is 0 Å². The maximum atomic E-state index is 12.3. The van der Waals surface area contributed by atoms with Gasteiger partial charge in [0.1, 0.15) is 0 Å². The minimum absolute atomic E-state index is 0.0764. The Balaban J connectivity index is 1.52. The van der Waals surface area contributed by atoms with E-state index < -0.39 is 0 Å². The van der Waals surface area contributed by atoms with Crippen LogP contribution in [0.5, 0.6) is 0 Å². The van der Waals surface area contributed by atoms with Gasteiger partial charge >= 0.3 is 0 Å². The molecule has 0 bridgehead atoms. The van der Waals surface area contributed by atoms with Crippen molar-refractivity contribution in [3.05, 3.63) is 0 Å². The molecule has 2 saturated heterocycles. The predicted octanol–water partition coefficient (Wildman–Crippen LogP) is 0.646. The standard InChI is InChI=1S/C15H25N3O2/c19-14-8-11(10-18(14)13-5-1-2-6-13)15(20)17-12-4-3-7-16-9-12/h11-13,16H,1-10H2,(H,17,20). The fourth-order valence-corrected chi connectivity index (χ4v) is 3.77. The number of nitrogens with zero attached hydrogens (tertiary/aromatic N) is 1. The number of hydrogen-bond donors (Lipinski definition) is 2. The van der Waals surface area contributed by atoms with Crippen LogP contribution >= 0.6 is 0 Å². The molecule has 3 aliphatic rings. The number of rotatable bonds is 3. The van der Waals surface area contributed by atoms with Crippen molar-refractivity contribution in [1.82, 2.24) is 15.5 Å². The number of carbonyl (C=O) groups excluding carboxylic acids is 2. The third kappa shape index (κ3) is 2.97. The summed E-state index contributed by atoms with van der Waals surface area (Å²) in [5, 5.41) is 6.41. The molecule has 2 atom stereocenters. The Bertz CT molecular complexity index is 373. The van der Waals surface area contributed by atoms with Gasteiger partial charge in [0.25, 0.3) is 0 Å². The first-order valence-electron chi connectivity index (χ1n) is 8.04. The molecule has 20 heavy (non-hydrogen) atoms. The van der Waals surface area contributed by atoms with Crippen LogP contribution < -0.4 is 10.6 Å². The summed E-state index contributed by atoms with van der Waals surface area (Å²) in [4.78, 5) is 26.4. The molecule has 3 fully saturated rings. The second kappa shape index (κ2) is 6.12. The van der Waals surface area contributed by atoms with E-state index in [1.165, 1.54) is 12.8 Å². The molecule has 3 rings (SSSR count). The molecule has 0 aromatic carbocycles. The molecular formula is C15H25N3O2. The fourth-order valence-electron chi connectivity index (χ4n) is 3.77. The van der Waals surface area contributed by atoms with E-state index in [-0.39, 0.29) is 23.8 Å². The highest BCUT2D eigenvalue weighted by molar-refractivity contribution is 5.89. The molecule has 2 aliphatic heterocycles. The van der Waals surface area contributed by atoms with Crippen molar-refractivity contribution in [2.45, 2.75) is 57.0 Å². The minimum atomic E-state index is -0.134. The molecule has 2 heterocycles. The van der Waals surface area contributed by atoms with Crippen molar-refractivity contribution >= 4 is 11.8 Å². The van der Waals surface area contributed by atoms with Crippen LogP contribution in [0.4, 0.5) is 0 Å².